The third-order valence-corrected chi connectivity index (χ3v) is 11.9. The van der Waals surface area contributed by atoms with Gasteiger partial charge >= 0.3 is 0 Å². The van der Waals surface area contributed by atoms with Crippen molar-refractivity contribution in [1.29, 1.82) is 0 Å². The first-order chi connectivity index (χ1) is 29.5. The fourth-order valence-corrected chi connectivity index (χ4v) is 8.81. The van der Waals surface area contributed by atoms with E-state index in [1.54, 1.807) is 0 Å². The van der Waals surface area contributed by atoms with Crippen molar-refractivity contribution in [3.8, 4) is 11.5 Å². The fraction of sp³-hybridized carbons (Fsp3) is 0.0755. The summed E-state index contributed by atoms with van der Waals surface area (Å²) in [5.74, 6) is 2.32. The van der Waals surface area contributed by atoms with Gasteiger partial charge in [-0.3, -0.25) is 4.90 Å². The minimum absolute atomic E-state index is 0.440. The van der Waals surface area contributed by atoms with Crippen LogP contribution < -0.4 is 23.9 Å². The lowest BCUT2D eigenvalue weighted by Gasteiger charge is -2.50. The molecule has 3 aliphatic rings. The van der Waals surface area contributed by atoms with Crippen LogP contribution in [-0.2, 0) is 0 Å². The van der Waals surface area contributed by atoms with E-state index in [9.17, 15) is 0 Å². The monoisotopic (exact) mass is 782 g/mol. The molecule has 0 aliphatic carbocycles. The van der Waals surface area contributed by atoms with Gasteiger partial charge in [0.25, 0.3) is 0 Å². The van der Waals surface area contributed by atoms with Crippen LogP contribution >= 0.6 is 0 Å². The van der Waals surface area contributed by atoms with Crippen molar-refractivity contribution in [1.82, 2.24) is 9.47 Å². The van der Waals surface area contributed by atoms with E-state index in [1.807, 2.05) is 30.5 Å². The number of nitrogens with zero attached hydrogens (tertiary/aromatic N) is 6. The number of pyridine rings is 1. The van der Waals surface area contributed by atoms with Crippen molar-refractivity contribution in [2.75, 3.05) is 28.4 Å². The number of rotatable bonds is 12. The Hall–Kier alpha value is -7.45. The van der Waals surface area contributed by atoms with Gasteiger partial charge in [-0.05, 0) is 97.1 Å². The number of ether oxygens (including phenoxy) is 1. The molecule has 0 spiro atoms. The molecule has 3 atom stereocenters. The molecule has 0 amide bonds. The van der Waals surface area contributed by atoms with Gasteiger partial charge < -0.3 is 14.5 Å². The lowest BCUT2D eigenvalue weighted by Crippen LogP contribution is -2.76. The van der Waals surface area contributed by atoms with E-state index < -0.39 is 0 Å². The van der Waals surface area contributed by atoms with Gasteiger partial charge in [0.2, 0.25) is 12.8 Å². The molecular formula is C53H46N6O+2. The van der Waals surface area contributed by atoms with E-state index in [4.69, 9.17) is 9.72 Å². The Kier molecular flexibility index (Phi) is 9.45. The Morgan fingerprint density at radius 2 is 0.917 bits per heavy atom. The Morgan fingerprint density at radius 3 is 1.38 bits per heavy atom. The molecule has 7 aromatic carbocycles. The topological polar surface area (TPSA) is 31.8 Å². The maximum Gasteiger partial charge on any atom is 0.235 e. The van der Waals surface area contributed by atoms with Gasteiger partial charge in [-0.25, -0.2) is 4.98 Å². The van der Waals surface area contributed by atoms with Crippen molar-refractivity contribution in [3.63, 3.8) is 0 Å². The van der Waals surface area contributed by atoms with Crippen LogP contribution in [0.3, 0.4) is 0 Å². The predicted molar refractivity (Wildman–Crippen MR) is 246 cm³/mol. The van der Waals surface area contributed by atoms with Crippen LogP contribution in [0.1, 0.15) is 6.92 Å². The molecule has 1 unspecified atom stereocenters. The molecule has 11 rings (SSSR count). The Labute approximate surface area is 352 Å². The summed E-state index contributed by atoms with van der Waals surface area (Å²) in [6.07, 6.45) is 6.95. The molecule has 2 bridgehead atoms. The number of benzene rings is 7. The number of para-hydroxylation sites is 4. The largest absolute Gasteiger partial charge is 0.457 e. The maximum absolute atomic E-state index is 6.72. The molecule has 60 heavy (non-hydrogen) atoms. The second-order valence-electron chi connectivity index (χ2n) is 15.7. The highest BCUT2D eigenvalue weighted by Crippen LogP contribution is 2.49. The quantitative estimate of drug-likeness (QED) is 0.115. The molecule has 1 aromatic heterocycles. The molecule has 4 heterocycles. The average Bonchev–Trinajstić information content (AvgIpc) is 3.80. The van der Waals surface area contributed by atoms with Gasteiger partial charge in [-0.15, -0.1) is 0 Å². The zero-order chi connectivity index (χ0) is 40.5. The molecule has 0 saturated carbocycles. The van der Waals surface area contributed by atoms with Crippen LogP contribution in [-0.4, -0.2) is 29.3 Å². The van der Waals surface area contributed by atoms with Gasteiger partial charge in [-0.1, -0.05) is 91.0 Å². The summed E-state index contributed by atoms with van der Waals surface area (Å²) in [5.41, 5.74) is 9.24. The second-order valence-corrected chi connectivity index (χ2v) is 15.7. The molecular weight excluding hydrogens is 737 g/mol. The first-order valence-electron chi connectivity index (χ1n) is 20.5. The number of aromatic nitrogens is 1. The zero-order valence-corrected chi connectivity index (χ0v) is 33.7. The van der Waals surface area contributed by atoms with Gasteiger partial charge in [0.15, 0.2) is 18.1 Å². The van der Waals surface area contributed by atoms with Crippen LogP contribution in [0.15, 0.2) is 225 Å². The average molecular weight is 783 g/mol. The Balaban J connectivity index is 1.13. The van der Waals surface area contributed by atoms with Crippen molar-refractivity contribution >= 4 is 57.0 Å². The maximum atomic E-state index is 6.72. The predicted octanol–water partition coefficient (Wildman–Crippen LogP) is 13.8. The molecule has 3 aliphatic heterocycles. The second kappa shape index (κ2) is 15.4. The van der Waals surface area contributed by atoms with E-state index in [2.05, 4.69) is 223 Å². The molecule has 7 nitrogen and oxygen atoms in total. The van der Waals surface area contributed by atoms with E-state index >= 15 is 0 Å². The first-order valence-corrected chi connectivity index (χ1v) is 20.5. The summed E-state index contributed by atoms with van der Waals surface area (Å²) in [6.45, 7) is 3.35. The van der Waals surface area contributed by atoms with Crippen LogP contribution in [0.2, 0.25) is 0 Å². The lowest BCUT2D eigenvalue weighted by molar-refractivity contribution is -0.941. The minimum Gasteiger partial charge on any atom is -0.457 e. The van der Waals surface area contributed by atoms with Gasteiger partial charge in [0.1, 0.15) is 17.3 Å². The first kappa shape index (κ1) is 36.9. The summed E-state index contributed by atoms with van der Waals surface area (Å²) in [4.78, 5) is 11.8. The van der Waals surface area contributed by atoms with Crippen LogP contribution in [0.5, 0.6) is 11.5 Å². The summed E-state index contributed by atoms with van der Waals surface area (Å²) < 4.78 is 8.52. The van der Waals surface area contributed by atoms with Crippen molar-refractivity contribution in [2.24, 2.45) is 0 Å². The summed E-state index contributed by atoms with van der Waals surface area (Å²) in [6, 6.07) is 71.9. The molecule has 0 radical (unpaired) electrons. The van der Waals surface area contributed by atoms with Crippen molar-refractivity contribution in [2.45, 2.75) is 13.1 Å². The van der Waals surface area contributed by atoms with Crippen LogP contribution in [0.4, 0.5) is 57.0 Å². The number of hydrogen-bond donors (Lipinski definition) is 0. The van der Waals surface area contributed by atoms with E-state index in [0.29, 0.717) is 6.17 Å². The van der Waals surface area contributed by atoms with E-state index in [0.717, 1.165) is 78.5 Å². The number of hydrogen-bond acceptors (Lipinski definition) is 5. The SMILES string of the molecule is C[C@H]1[N+]2(C)C=C[N@+]1(c1cccc(Oc3cccc(N(c4cc(N(c5ccccc5)c5ccccc5)cc(N(c5ccccc5)c5ccccc5)c4)c4ccccn4)c3)c1)C2. The van der Waals surface area contributed by atoms with Gasteiger partial charge in [0, 0.05) is 54.1 Å². The summed E-state index contributed by atoms with van der Waals surface area (Å²) in [7, 11) is 2.30. The van der Waals surface area contributed by atoms with E-state index in [-0.39, 0.29) is 0 Å². The number of anilines is 9. The van der Waals surface area contributed by atoms with Crippen LogP contribution in [0, 0.1) is 0 Å². The van der Waals surface area contributed by atoms with Gasteiger partial charge in [-0.2, -0.15) is 8.97 Å². The fourth-order valence-electron chi connectivity index (χ4n) is 8.81. The smallest absolute Gasteiger partial charge is 0.235 e. The van der Waals surface area contributed by atoms with E-state index in [1.165, 1.54) is 5.69 Å². The highest BCUT2D eigenvalue weighted by atomic mass is 16.5. The normalized spacial score (nSPS) is 18.7. The van der Waals surface area contributed by atoms with Crippen molar-refractivity contribution in [3.05, 3.63) is 225 Å². The molecule has 7 heteroatoms. The zero-order valence-electron chi connectivity index (χ0n) is 33.7. The summed E-state index contributed by atoms with van der Waals surface area (Å²) >= 11 is 0. The summed E-state index contributed by atoms with van der Waals surface area (Å²) in [5, 5.41) is 0. The Bertz CT molecular complexity index is 2590. The highest BCUT2D eigenvalue weighted by Gasteiger charge is 2.66. The van der Waals surface area contributed by atoms with Crippen LogP contribution in [0.25, 0.3) is 0 Å². The number of quaternary nitrogens is 2. The molecule has 1 saturated heterocycles. The standard InChI is InChI=1S/C53H46N6O/c1-41-58(2)33-34-59(41,40-58)50-28-18-30-52(39-50)60-51-29-17-27-46(38-51)57(53-31-15-16-32-54-53)49-36-47(55(42-19-7-3-8-20-42)43-21-9-4-10-22-43)35-48(37-49)56(44-23-11-5-12-24-44)45-25-13-6-14-26-45/h3-39,41H,40H2,1-2H3/q+2/t41-,58?,59-/m0/s1. The molecule has 292 valence electrons. The van der Waals surface area contributed by atoms with Gasteiger partial charge in [0.05, 0.1) is 29.8 Å². The van der Waals surface area contributed by atoms with Crippen molar-refractivity contribution < 1.29 is 9.22 Å². The molecule has 8 aromatic rings. The highest BCUT2D eigenvalue weighted by molar-refractivity contribution is 5.89. The third kappa shape index (κ3) is 6.75. The molecule has 1 fully saturated rings. The lowest BCUT2D eigenvalue weighted by atomic mass is 10.1. The molecule has 0 N–H and O–H groups in total. The Morgan fingerprint density at radius 1 is 0.450 bits per heavy atom. The third-order valence-electron chi connectivity index (χ3n) is 11.9. The minimum atomic E-state index is 0.440.